The van der Waals surface area contributed by atoms with Crippen LogP contribution >= 0.6 is 43.2 Å². The van der Waals surface area contributed by atoms with Crippen LogP contribution in [0.4, 0.5) is 0 Å². The molecule has 1 aromatic rings. The van der Waals surface area contributed by atoms with E-state index in [1.54, 1.807) is 0 Å². The van der Waals surface area contributed by atoms with E-state index < -0.39 is 11.5 Å². The fourth-order valence-electron chi connectivity index (χ4n) is 1.77. The molecule has 1 fully saturated rings. The molecular weight excluding hydrogens is 342 g/mol. The first-order valence-corrected chi connectivity index (χ1v) is 7.03. The van der Waals surface area contributed by atoms with Crippen molar-refractivity contribution in [3.05, 3.63) is 19.2 Å². The van der Waals surface area contributed by atoms with E-state index in [4.69, 9.17) is 5.26 Å². The zero-order chi connectivity index (χ0) is 11.1. The van der Waals surface area contributed by atoms with E-state index in [9.17, 15) is 5.11 Å². The maximum atomic E-state index is 10.2. The molecule has 0 spiro atoms. The number of thiophene rings is 1. The van der Waals surface area contributed by atoms with Crippen molar-refractivity contribution in [1.29, 1.82) is 5.26 Å². The number of rotatable bonds is 2. The fourth-order valence-corrected chi connectivity index (χ4v) is 3.97. The van der Waals surface area contributed by atoms with Gasteiger partial charge in [-0.3, -0.25) is 0 Å². The lowest BCUT2D eigenvalue weighted by Crippen LogP contribution is -2.34. The highest BCUT2D eigenvalue weighted by Crippen LogP contribution is 2.52. The molecule has 1 aromatic heterocycles. The van der Waals surface area contributed by atoms with Crippen molar-refractivity contribution in [2.24, 2.45) is 5.41 Å². The Morgan fingerprint density at radius 1 is 1.53 bits per heavy atom. The van der Waals surface area contributed by atoms with Gasteiger partial charge >= 0.3 is 0 Å². The molecule has 15 heavy (non-hydrogen) atoms. The number of nitriles is 1. The first-order valence-electron chi connectivity index (χ1n) is 4.63. The van der Waals surface area contributed by atoms with Gasteiger partial charge in [-0.1, -0.05) is 6.42 Å². The standard InChI is InChI=1S/C10H9Br2NOS/c11-6-4-7(15-9(6)12)8(14)10(5-13)2-1-3-10/h4,8,14H,1-3H2. The van der Waals surface area contributed by atoms with Gasteiger partial charge in [0.15, 0.2) is 0 Å². The van der Waals surface area contributed by atoms with E-state index in [2.05, 4.69) is 37.9 Å². The highest BCUT2D eigenvalue weighted by atomic mass is 79.9. The van der Waals surface area contributed by atoms with Gasteiger partial charge in [-0.05, 0) is 50.8 Å². The van der Waals surface area contributed by atoms with E-state index in [1.807, 2.05) is 6.07 Å². The second-order valence-corrected chi connectivity index (χ2v) is 7.05. The van der Waals surface area contributed by atoms with Gasteiger partial charge in [0.25, 0.3) is 0 Å². The van der Waals surface area contributed by atoms with E-state index in [0.29, 0.717) is 0 Å². The van der Waals surface area contributed by atoms with Crippen molar-refractivity contribution in [3.8, 4) is 6.07 Å². The fraction of sp³-hybridized carbons (Fsp3) is 0.500. The van der Waals surface area contributed by atoms with Crippen LogP contribution in [0.2, 0.25) is 0 Å². The predicted molar refractivity (Wildman–Crippen MR) is 66.6 cm³/mol. The van der Waals surface area contributed by atoms with E-state index in [1.165, 1.54) is 11.3 Å². The molecule has 1 heterocycles. The van der Waals surface area contributed by atoms with E-state index in [-0.39, 0.29) is 0 Å². The number of hydrogen-bond donors (Lipinski definition) is 1. The monoisotopic (exact) mass is 349 g/mol. The van der Waals surface area contributed by atoms with Gasteiger partial charge in [0, 0.05) is 9.35 Å². The topological polar surface area (TPSA) is 44.0 Å². The minimum Gasteiger partial charge on any atom is -0.386 e. The zero-order valence-electron chi connectivity index (χ0n) is 7.83. The molecule has 5 heteroatoms. The minimum atomic E-state index is -0.649. The van der Waals surface area contributed by atoms with Crippen molar-refractivity contribution >= 4 is 43.2 Å². The van der Waals surface area contributed by atoms with Gasteiger partial charge in [0.05, 0.1) is 15.3 Å². The average molecular weight is 351 g/mol. The van der Waals surface area contributed by atoms with Crippen molar-refractivity contribution in [3.63, 3.8) is 0 Å². The molecular formula is C10H9Br2NOS. The third-order valence-electron chi connectivity index (χ3n) is 2.93. The molecule has 2 nitrogen and oxygen atoms in total. The summed E-state index contributed by atoms with van der Waals surface area (Å²) < 4.78 is 1.90. The number of hydrogen-bond acceptors (Lipinski definition) is 3. The summed E-state index contributed by atoms with van der Waals surface area (Å²) in [6, 6.07) is 4.15. The second kappa shape index (κ2) is 4.17. The Morgan fingerprint density at radius 3 is 2.53 bits per heavy atom. The first-order chi connectivity index (χ1) is 7.09. The first kappa shape index (κ1) is 11.6. The summed E-state index contributed by atoms with van der Waals surface area (Å²) in [7, 11) is 0. The Hall–Kier alpha value is 0.110. The molecule has 0 aliphatic heterocycles. The Bertz CT molecular complexity index is 400. The van der Waals surface area contributed by atoms with Crippen molar-refractivity contribution in [2.45, 2.75) is 25.4 Å². The van der Waals surface area contributed by atoms with Crippen LogP contribution in [0.3, 0.4) is 0 Å². The number of nitrogens with zero attached hydrogens (tertiary/aromatic N) is 1. The van der Waals surface area contributed by atoms with Crippen LogP contribution in [0.25, 0.3) is 0 Å². The summed E-state index contributed by atoms with van der Waals surface area (Å²) >= 11 is 8.26. The van der Waals surface area contributed by atoms with E-state index in [0.717, 1.165) is 32.4 Å². The third-order valence-corrected chi connectivity index (χ3v) is 6.23. The van der Waals surface area contributed by atoms with Crippen molar-refractivity contribution < 1.29 is 5.11 Å². The summed E-state index contributed by atoms with van der Waals surface area (Å²) in [6.45, 7) is 0. The maximum Gasteiger partial charge on any atom is 0.107 e. The molecule has 1 N–H and O–H groups in total. The van der Waals surface area contributed by atoms with Crippen LogP contribution in [0, 0.1) is 16.7 Å². The SMILES string of the molecule is N#CC1(C(O)c2cc(Br)c(Br)s2)CCC1. The molecule has 1 saturated carbocycles. The van der Waals surface area contributed by atoms with Crippen LogP contribution in [0.1, 0.15) is 30.2 Å². The quantitative estimate of drug-likeness (QED) is 0.875. The average Bonchev–Trinajstić information content (AvgIpc) is 2.46. The van der Waals surface area contributed by atoms with Gasteiger partial charge in [-0.2, -0.15) is 5.26 Å². The molecule has 1 unspecified atom stereocenters. The van der Waals surface area contributed by atoms with Crippen molar-refractivity contribution in [2.75, 3.05) is 0 Å². The summed E-state index contributed by atoms with van der Waals surface area (Å²) in [6.07, 6.45) is 2.00. The Kier molecular flexibility index (Phi) is 3.22. The number of halogens is 2. The predicted octanol–water partition coefficient (Wildman–Crippen LogP) is 4.00. The molecule has 0 radical (unpaired) electrons. The Morgan fingerprint density at radius 2 is 2.20 bits per heavy atom. The molecule has 0 amide bonds. The largest absolute Gasteiger partial charge is 0.386 e. The summed E-state index contributed by atoms with van der Waals surface area (Å²) in [5.74, 6) is 0. The normalized spacial score (nSPS) is 20.4. The lowest BCUT2D eigenvalue weighted by atomic mass is 9.66. The van der Waals surface area contributed by atoms with Gasteiger partial charge < -0.3 is 5.11 Å². The second-order valence-electron chi connectivity index (χ2n) is 3.79. The molecule has 0 saturated heterocycles. The van der Waals surface area contributed by atoms with Gasteiger partial charge in [-0.15, -0.1) is 11.3 Å². The van der Waals surface area contributed by atoms with Crippen LogP contribution < -0.4 is 0 Å². The van der Waals surface area contributed by atoms with Gasteiger partial charge in [0.1, 0.15) is 6.10 Å². The number of aliphatic hydroxyl groups excluding tert-OH is 1. The third kappa shape index (κ3) is 1.89. The molecule has 80 valence electrons. The van der Waals surface area contributed by atoms with Gasteiger partial charge in [-0.25, -0.2) is 0 Å². The molecule has 2 rings (SSSR count). The van der Waals surface area contributed by atoms with Crippen molar-refractivity contribution in [1.82, 2.24) is 0 Å². The Balaban J connectivity index is 2.28. The van der Waals surface area contributed by atoms with E-state index >= 15 is 0 Å². The Labute approximate surface area is 109 Å². The summed E-state index contributed by atoms with van der Waals surface area (Å²) in [5.41, 5.74) is -0.538. The van der Waals surface area contributed by atoms with Crippen LogP contribution in [0.15, 0.2) is 14.3 Å². The van der Waals surface area contributed by atoms with Gasteiger partial charge in [0.2, 0.25) is 0 Å². The zero-order valence-corrected chi connectivity index (χ0v) is 11.8. The lowest BCUT2D eigenvalue weighted by molar-refractivity contribution is 0.0104. The van der Waals surface area contributed by atoms with Crippen LogP contribution in [-0.4, -0.2) is 5.11 Å². The molecule has 0 aromatic carbocycles. The smallest absolute Gasteiger partial charge is 0.107 e. The maximum absolute atomic E-state index is 10.2. The van der Waals surface area contributed by atoms with Crippen LogP contribution in [0.5, 0.6) is 0 Å². The summed E-state index contributed by atoms with van der Waals surface area (Å²) in [4.78, 5) is 0.856. The minimum absolute atomic E-state index is 0.538. The lowest BCUT2D eigenvalue weighted by Gasteiger charge is -2.38. The molecule has 0 bridgehead atoms. The molecule has 1 aliphatic carbocycles. The molecule has 1 atom stereocenters. The summed E-state index contributed by atoms with van der Waals surface area (Å²) in [5, 5.41) is 19.3. The van der Waals surface area contributed by atoms with Crippen LogP contribution in [-0.2, 0) is 0 Å². The molecule has 1 aliphatic rings. The number of aliphatic hydroxyl groups is 1. The highest BCUT2D eigenvalue weighted by molar-refractivity contribution is 9.13. The highest BCUT2D eigenvalue weighted by Gasteiger charge is 2.45.